The van der Waals surface area contributed by atoms with Gasteiger partial charge in [0.2, 0.25) is 0 Å². The van der Waals surface area contributed by atoms with E-state index < -0.39 is 0 Å². The van der Waals surface area contributed by atoms with E-state index in [4.69, 9.17) is 0 Å². The minimum Gasteiger partial charge on any atom is -0.278 e. The highest BCUT2D eigenvalue weighted by molar-refractivity contribution is 5.82. The van der Waals surface area contributed by atoms with Gasteiger partial charge >= 0.3 is 0 Å². The second-order valence-corrected chi connectivity index (χ2v) is 6.25. The van der Waals surface area contributed by atoms with E-state index in [-0.39, 0.29) is 0 Å². The van der Waals surface area contributed by atoms with Crippen LogP contribution in [0.1, 0.15) is 33.4 Å². The summed E-state index contributed by atoms with van der Waals surface area (Å²) < 4.78 is 2.20. The molecule has 2 aromatic carbocycles. The second-order valence-electron chi connectivity index (χ2n) is 6.25. The Bertz CT molecular complexity index is 939. The maximum atomic E-state index is 4.11. The smallest absolute Gasteiger partial charge is 0.153 e. The van der Waals surface area contributed by atoms with Crippen molar-refractivity contribution in [2.24, 2.45) is 0 Å². The molecule has 0 bridgehead atoms. The summed E-state index contributed by atoms with van der Waals surface area (Å²) in [4.78, 5) is 4.11. The van der Waals surface area contributed by atoms with Gasteiger partial charge in [-0.05, 0) is 41.7 Å². The minimum atomic E-state index is 0.907. The molecule has 0 saturated heterocycles. The SMILES string of the molecule is [C-]1=[N+](c2ccncc2)Cc2c1ccc1c2Cc2ccccc2C1. The van der Waals surface area contributed by atoms with Gasteiger partial charge in [-0.1, -0.05) is 41.0 Å². The van der Waals surface area contributed by atoms with Crippen LogP contribution in [0.3, 0.4) is 0 Å². The summed E-state index contributed by atoms with van der Waals surface area (Å²) in [5.41, 5.74) is 9.74. The van der Waals surface area contributed by atoms with Gasteiger partial charge in [-0.3, -0.25) is 9.56 Å². The van der Waals surface area contributed by atoms with Crippen molar-refractivity contribution in [1.82, 2.24) is 4.98 Å². The predicted molar refractivity (Wildman–Crippen MR) is 90.5 cm³/mol. The van der Waals surface area contributed by atoms with E-state index in [9.17, 15) is 0 Å². The van der Waals surface area contributed by atoms with Crippen LogP contribution in [0, 0.1) is 0 Å². The summed E-state index contributed by atoms with van der Waals surface area (Å²) in [6, 6.07) is 17.4. The average molecular weight is 296 g/mol. The molecule has 1 aromatic heterocycles. The van der Waals surface area contributed by atoms with E-state index in [2.05, 4.69) is 52.2 Å². The summed E-state index contributed by atoms with van der Waals surface area (Å²) in [5, 5.41) is 0. The van der Waals surface area contributed by atoms with Crippen LogP contribution in [-0.2, 0) is 19.4 Å². The molecule has 2 aliphatic rings. The Hall–Kier alpha value is -2.74. The molecule has 1 aliphatic heterocycles. The molecule has 1 aliphatic carbocycles. The quantitative estimate of drug-likeness (QED) is 0.386. The average Bonchev–Trinajstić information content (AvgIpc) is 3.05. The molecule has 110 valence electrons. The van der Waals surface area contributed by atoms with E-state index in [1.54, 1.807) is 0 Å². The Morgan fingerprint density at radius 1 is 0.783 bits per heavy atom. The first-order chi connectivity index (χ1) is 11.4. The van der Waals surface area contributed by atoms with Crippen LogP contribution < -0.4 is 0 Å². The molecule has 2 heteroatoms. The molecule has 0 N–H and O–H groups in total. The number of hydrogen-bond acceptors (Lipinski definition) is 1. The zero-order chi connectivity index (χ0) is 15.2. The van der Waals surface area contributed by atoms with Crippen molar-refractivity contribution >= 4 is 11.9 Å². The number of pyridine rings is 1. The van der Waals surface area contributed by atoms with Crippen molar-refractivity contribution in [2.75, 3.05) is 0 Å². The second kappa shape index (κ2) is 4.88. The van der Waals surface area contributed by atoms with Crippen LogP contribution in [0.4, 0.5) is 5.69 Å². The minimum absolute atomic E-state index is 0.907. The first kappa shape index (κ1) is 12.8. The molecule has 0 radical (unpaired) electrons. The lowest BCUT2D eigenvalue weighted by molar-refractivity contribution is -0.447. The van der Waals surface area contributed by atoms with Crippen molar-refractivity contribution in [3.05, 3.63) is 94.3 Å². The summed E-state index contributed by atoms with van der Waals surface area (Å²) >= 11 is 0. The monoisotopic (exact) mass is 296 g/mol. The molecule has 5 rings (SSSR count). The molecule has 23 heavy (non-hydrogen) atoms. The van der Waals surface area contributed by atoms with Gasteiger partial charge in [0, 0.05) is 12.4 Å². The molecule has 2 heterocycles. The fourth-order valence-electron chi connectivity index (χ4n) is 3.73. The van der Waals surface area contributed by atoms with E-state index in [1.165, 1.54) is 33.4 Å². The number of fused-ring (bicyclic) bond motifs is 4. The third-order valence-corrected chi connectivity index (χ3v) is 4.94. The lowest BCUT2D eigenvalue weighted by atomic mass is 9.83. The number of hydrogen-bond donors (Lipinski definition) is 0. The van der Waals surface area contributed by atoms with Gasteiger partial charge in [-0.15, -0.1) is 12.1 Å². The molecule has 0 fully saturated rings. The standard InChI is InChI=1S/C21H16N2/c1-2-4-16-12-20-17(11-15(16)3-1)5-6-18-13-23(14-21(18)20)19-7-9-22-10-8-19/h1-10H,11-12,14H2. The van der Waals surface area contributed by atoms with Crippen LogP contribution in [0.15, 0.2) is 60.9 Å². The molecule has 2 nitrogen and oxygen atoms in total. The maximum absolute atomic E-state index is 4.11. The molecular weight excluding hydrogens is 280 g/mol. The first-order valence-corrected chi connectivity index (χ1v) is 8.03. The van der Waals surface area contributed by atoms with E-state index in [1.807, 2.05) is 24.5 Å². The Morgan fingerprint density at radius 2 is 1.57 bits per heavy atom. The number of benzene rings is 2. The molecular formula is C21H16N2. The van der Waals surface area contributed by atoms with Crippen molar-refractivity contribution in [1.29, 1.82) is 0 Å². The van der Waals surface area contributed by atoms with Gasteiger partial charge in [0.05, 0.1) is 0 Å². The summed E-state index contributed by atoms with van der Waals surface area (Å²) in [6.45, 7) is 0.907. The fraction of sp³-hybridized carbons (Fsp3) is 0.143. The number of aromatic nitrogens is 1. The van der Waals surface area contributed by atoms with Gasteiger partial charge in [0.1, 0.15) is 12.2 Å². The van der Waals surface area contributed by atoms with Gasteiger partial charge in [0.15, 0.2) is 6.21 Å². The highest BCUT2D eigenvalue weighted by atomic mass is 15.0. The highest BCUT2D eigenvalue weighted by Gasteiger charge is 2.22. The predicted octanol–water partition coefficient (Wildman–Crippen LogP) is 3.73. The maximum Gasteiger partial charge on any atom is 0.153 e. The number of rotatable bonds is 1. The summed E-state index contributed by atoms with van der Waals surface area (Å²) in [7, 11) is 0. The van der Waals surface area contributed by atoms with E-state index in [0.717, 1.165) is 25.1 Å². The Kier molecular flexibility index (Phi) is 2.71. The van der Waals surface area contributed by atoms with E-state index in [0.29, 0.717) is 0 Å². The van der Waals surface area contributed by atoms with Crippen molar-refractivity contribution in [3.63, 3.8) is 0 Å². The third kappa shape index (κ3) is 2.02. The molecule has 0 saturated carbocycles. The lowest BCUT2D eigenvalue weighted by Gasteiger charge is -2.23. The van der Waals surface area contributed by atoms with Gasteiger partial charge in [-0.2, -0.15) is 0 Å². The zero-order valence-corrected chi connectivity index (χ0v) is 12.8. The fourth-order valence-corrected chi connectivity index (χ4v) is 3.73. The van der Waals surface area contributed by atoms with Crippen LogP contribution in [0.25, 0.3) is 0 Å². The number of nitrogens with zero attached hydrogens (tertiary/aromatic N) is 2. The lowest BCUT2D eigenvalue weighted by Crippen LogP contribution is -2.11. The van der Waals surface area contributed by atoms with Gasteiger partial charge < -0.3 is 0 Å². The van der Waals surface area contributed by atoms with Crippen molar-refractivity contribution in [2.45, 2.75) is 19.4 Å². The Balaban J connectivity index is 1.56. The van der Waals surface area contributed by atoms with Crippen molar-refractivity contribution < 1.29 is 4.58 Å². The molecule has 0 atom stereocenters. The zero-order valence-electron chi connectivity index (χ0n) is 12.8. The van der Waals surface area contributed by atoms with E-state index >= 15 is 0 Å². The Labute approximate surface area is 135 Å². The van der Waals surface area contributed by atoms with Gasteiger partial charge in [0.25, 0.3) is 0 Å². The van der Waals surface area contributed by atoms with Crippen LogP contribution in [0.2, 0.25) is 0 Å². The first-order valence-electron chi connectivity index (χ1n) is 8.03. The normalized spacial score (nSPS) is 14.7. The summed E-state index contributed by atoms with van der Waals surface area (Å²) in [5.74, 6) is 0. The molecule has 0 unspecified atom stereocenters. The third-order valence-electron chi connectivity index (χ3n) is 4.94. The summed E-state index contributed by atoms with van der Waals surface area (Å²) in [6.07, 6.45) is 9.30. The van der Waals surface area contributed by atoms with Gasteiger partial charge in [-0.25, -0.2) is 0 Å². The highest BCUT2D eigenvalue weighted by Crippen LogP contribution is 2.33. The van der Waals surface area contributed by atoms with Crippen molar-refractivity contribution in [3.8, 4) is 0 Å². The molecule has 0 amide bonds. The van der Waals surface area contributed by atoms with Crippen LogP contribution in [-0.4, -0.2) is 15.8 Å². The Morgan fingerprint density at radius 3 is 2.39 bits per heavy atom. The largest absolute Gasteiger partial charge is 0.278 e. The molecule has 3 aromatic rings. The van der Waals surface area contributed by atoms with Crippen LogP contribution >= 0.6 is 0 Å². The topological polar surface area (TPSA) is 15.9 Å². The van der Waals surface area contributed by atoms with Crippen LogP contribution in [0.5, 0.6) is 0 Å². The molecule has 0 spiro atoms.